The standard InChI is InChI=1S/C20H23N3O3/c1-13-7-9-15(10-8-13)18(22-14(2)24)12-19(25)23-17-6-4-5-16(11-17)20(26)21-3/h4-11,18H,12H2,1-3H3,(H,21,26)(H,22,24)(H,23,25). The van der Waals surface area contributed by atoms with Gasteiger partial charge in [-0.2, -0.15) is 0 Å². The molecule has 26 heavy (non-hydrogen) atoms. The van der Waals surface area contributed by atoms with Gasteiger partial charge in [0.05, 0.1) is 12.5 Å². The van der Waals surface area contributed by atoms with Crippen molar-refractivity contribution >= 4 is 23.4 Å². The molecule has 0 radical (unpaired) electrons. The fourth-order valence-corrected chi connectivity index (χ4v) is 2.58. The number of carbonyl (C=O) groups excluding carboxylic acids is 3. The van der Waals surface area contributed by atoms with E-state index in [1.807, 2.05) is 31.2 Å². The van der Waals surface area contributed by atoms with Gasteiger partial charge in [0.25, 0.3) is 5.91 Å². The van der Waals surface area contributed by atoms with E-state index in [0.29, 0.717) is 11.3 Å². The Kier molecular flexibility index (Phi) is 6.49. The van der Waals surface area contributed by atoms with E-state index in [1.165, 1.54) is 6.92 Å². The van der Waals surface area contributed by atoms with Crippen LogP contribution in [0.1, 0.15) is 40.9 Å². The molecule has 1 unspecified atom stereocenters. The maximum Gasteiger partial charge on any atom is 0.251 e. The van der Waals surface area contributed by atoms with Crippen LogP contribution in [0, 0.1) is 6.92 Å². The van der Waals surface area contributed by atoms with Crippen molar-refractivity contribution in [1.29, 1.82) is 0 Å². The molecule has 0 aromatic heterocycles. The number of benzene rings is 2. The predicted octanol–water partition coefficient (Wildman–Crippen LogP) is 2.56. The van der Waals surface area contributed by atoms with E-state index in [-0.39, 0.29) is 24.1 Å². The van der Waals surface area contributed by atoms with E-state index in [0.717, 1.165) is 11.1 Å². The molecule has 0 spiro atoms. The minimum Gasteiger partial charge on any atom is -0.355 e. The number of anilines is 1. The average molecular weight is 353 g/mol. The second-order valence-corrected chi connectivity index (χ2v) is 6.08. The molecule has 0 saturated carbocycles. The van der Waals surface area contributed by atoms with Gasteiger partial charge in [-0.15, -0.1) is 0 Å². The number of carbonyl (C=O) groups is 3. The van der Waals surface area contributed by atoms with E-state index in [2.05, 4.69) is 16.0 Å². The summed E-state index contributed by atoms with van der Waals surface area (Å²) >= 11 is 0. The van der Waals surface area contributed by atoms with Crippen LogP contribution in [0.2, 0.25) is 0 Å². The molecule has 0 fully saturated rings. The van der Waals surface area contributed by atoms with Gasteiger partial charge in [-0.05, 0) is 30.7 Å². The summed E-state index contributed by atoms with van der Waals surface area (Å²) in [5.41, 5.74) is 2.95. The van der Waals surface area contributed by atoms with Gasteiger partial charge in [0.1, 0.15) is 0 Å². The van der Waals surface area contributed by atoms with Gasteiger partial charge in [0.15, 0.2) is 0 Å². The summed E-state index contributed by atoms with van der Waals surface area (Å²) in [6, 6.07) is 13.9. The molecule has 0 saturated heterocycles. The topological polar surface area (TPSA) is 87.3 Å². The van der Waals surface area contributed by atoms with Crippen LogP contribution in [0.25, 0.3) is 0 Å². The van der Waals surface area contributed by atoms with Crippen LogP contribution in [-0.4, -0.2) is 24.8 Å². The van der Waals surface area contributed by atoms with Crippen LogP contribution in [-0.2, 0) is 9.59 Å². The van der Waals surface area contributed by atoms with Gasteiger partial charge >= 0.3 is 0 Å². The predicted molar refractivity (Wildman–Crippen MR) is 101 cm³/mol. The Hall–Kier alpha value is -3.15. The second-order valence-electron chi connectivity index (χ2n) is 6.08. The average Bonchev–Trinajstić information content (AvgIpc) is 2.61. The molecule has 6 heteroatoms. The lowest BCUT2D eigenvalue weighted by molar-refractivity contribution is -0.120. The molecule has 1 atom stereocenters. The summed E-state index contributed by atoms with van der Waals surface area (Å²) in [5.74, 6) is -0.680. The summed E-state index contributed by atoms with van der Waals surface area (Å²) < 4.78 is 0. The first-order chi connectivity index (χ1) is 12.4. The second kappa shape index (κ2) is 8.80. The highest BCUT2D eigenvalue weighted by Crippen LogP contribution is 2.19. The first kappa shape index (κ1) is 19.2. The van der Waals surface area contributed by atoms with Crippen LogP contribution in [0.5, 0.6) is 0 Å². The summed E-state index contributed by atoms with van der Waals surface area (Å²) in [6.45, 7) is 3.40. The van der Waals surface area contributed by atoms with Crippen molar-refractivity contribution in [2.24, 2.45) is 0 Å². The Morgan fingerprint density at radius 3 is 2.35 bits per heavy atom. The summed E-state index contributed by atoms with van der Waals surface area (Å²) in [5, 5.41) is 8.13. The molecule has 2 aromatic carbocycles. The largest absolute Gasteiger partial charge is 0.355 e. The Balaban J connectivity index is 2.10. The third-order valence-corrected chi connectivity index (χ3v) is 3.88. The van der Waals surface area contributed by atoms with Gasteiger partial charge in [-0.25, -0.2) is 0 Å². The third-order valence-electron chi connectivity index (χ3n) is 3.88. The molecule has 0 aliphatic heterocycles. The van der Waals surface area contributed by atoms with Crippen molar-refractivity contribution in [3.63, 3.8) is 0 Å². The Labute approximate surface area is 153 Å². The highest BCUT2D eigenvalue weighted by Gasteiger charge is 2.17. The number of amides is 3. The van der Waals surface area contributed by atoms with Gasteiger partial charge in [0, 0.05) is 25.2 Å². The van der Waals surface area contributed by atoms with Crippen molar-refractivity contribution in [2.45, 2.75) is 26.3 Å². The molecule has 0 aliphatic rings. The van der Waals surface area contributed by atoms with E-state index >= 15 is 0 Å². The van der Waals surface area contributed by atoms with Gasteiger partial charge in [-0.3, -0.25) is 14.4 Å². The van der Waals surface area contributed by atoms with Gasteiger partial charge < -0.3 is 16.0 Å². The van der Waals surface area contributed by atoms with Crippen LogP contribution in [0.15, 0.2) is 48.5 Å². The quantitative estimate of drug-likeness (QED) is 0.746. The lowest BCUT2D eigenvalue weighted by atomic mass is 10.0. The maximum atomic E-state index is 12.4. The van der Waals surface area contributed by atoms with Crippen molar-refractivity contribution in [3.8, 4) is 0 Å². The summed E-state index contributed by atoms with van der Waals surface area (Å²) in [4.78, 5) is 35.6. The summed E-state index contributed by atoms with van der Waals surface area (Å²) in [6.07, 6.45) is 0.0901. The monoisotopic (exact) mass is 353 g/mol. The molecule has 3 amide bonds. The molecule has 2 rings (SSSR count). The number of hydrogen-bond donors (Lipinski definition) is 3. The molecule has 2 aromatic rings. The molecule has 0 bridgehead atoms. The zero-order chi connectivity index (χ0) is 19.1. The highest BCUT2D eigenvalue weighted by molar-refractivity contribution is 5.97. The smallest absolute Gasteiger partial charge is 0.251 e. The number of rotatable bonds is 6. The molecule has 136 valence electrons. The van der Waals surface area contributed by atoms with Crippen molar-refractivity contribution < 1.29 is 14.4 Å². The molecular formula is C20H23N3O3. The molecule has 3 N–H and O–H groups in total. The van der Waals surface area contributed by atoms with E-state index in [4.69, 9.17) is 0 Å². The number of nitrogens with one attached hydrogen (secondary N) is 3. The fraction of sp³-hybridized carbons (Fsp3) is 0.250. The minimum absolute atomic E-state index is 0.0901. The lowest BCUT2D eigenvalue weighted by Crippen LogP contribution is -2.29. The normalized spacial score (nSPS) is 11.3. The minimum atomic E-state index is -0.421. The SMILES string of the molecule is CNC(=O)c1cccc(NC(=O)CC(NC(C)=O)c2ccc(C)cc2)c1. The maximum absolute atomic E-state index is 12.4. The highest BCUT2D eigenvalue weighted by atomic mass is 16.2. The molecular weight excluding hydrogens is 330 g/mol. The van der Waals surface area contributed by atoms with Crippen molar-refractivity contribution in [1.82, 2.24) is 10.6 Å². The van der Waals surface area contributed by atoms with Crippen molar-refractivity contribution in [3.05, 3.63) is 65.2 Å². The number of aryl methyl sites for hydroxylation is 1. The summed E-state index contributed by atoms with van der Waals surface area (Å²) in [7, 11) is 1.55. The van der Waals surface area contributed by atoms with E-state index in [1.54, 1.807) is 31.3 Å². The Morgan fingerprint density at radius 2 is 1.73 bits per heavy atom. The van der Waals surface area contributed by atoms with E-state index in [9.17, 15) is 14.4 Å². The van der Waals surface area contributed by atoms with Crippen LogP contribution < -0.4 is 16.0 Å². The van der Waals surface area contributed by atoms with E-state index < -0.39 is 6.04 Å². The van der Waals surface area contributed by atoms with Crippen LogP contribution in [0.3, 0.4) is 0 Å². The van der Waals surface area contributed by atoms with Crippen molar-refractivity contribution in [2.75, 3.05) is 12.4 Å². The molecule has 0 heterocycles. The van der Waals surface area contributed by atoms with Crippen LogP contribution >= 0.6 is 0 Å². The lowest BCUT2D eigenvalue weighted by Gasteiger charge is -2.18. The first-order valence-electron chi connectivity index (χ1n) is 8.34. The van der Waals surface area contributed by atoms with Gasteiger partial charge in [-0.1, -0.05) is 35.9 Å². The molecule has 0 aliphatic carbocycles. The first-order valence-corrected chi connectivity index (χ1v) is 8.34. The molecule has 6 nitrogen and oxygen atoms in total. The van der Waals surface area contributed by atoms with Crippen LogP contribution in [0.4, 0.5) is 5.69 Å². The zero-order valence-corrected chi connectivity index (χ0v) is 15.1. The Bertz CT molecular complexity index is 800. The van der Waals surface area contributed by atoms with Gasteiger partial charge in [0.2, 0.25) is 11.8 Å². The number of hydrogen-bond acceptors (Lipinski definition) is 3. The Morgan fingerprint density at radius 1 is 1.04 bits per heavy atom. The zero-order valence-electron chi connectivity index (χ0n) is 15.1. The third kappa shape index (κ3) is 5.44. The fourth-order valence-electron chi connectivity index (χ4n) is 2.58.